The Bertz CT molecular complexity index is 1050. The molecular formula is C17H15N5O4. The summed E-state index contributed by atoms with van der Waals surface area (Å²) in [7, 11) is 0. The minimum absolute atomic E-state index is 0.119. The zero-order valence-electron chi connectivity index (χ0n) is 14.1. The van der Waals surface area contributed by atoms with E-state index >= 15 is 0 Å². The number of fused-ring (bicyclic) bond motifs is 1. The van der Waals surface area contributed by atoms with Crippen LogP contribution in [0.15, 0.2) is 45.8 Å². The van der Waals surface area contributed by atoms with Gasteiger partial charge in [0.15, 0.2) is 18.0 Å². The summed E-state index contributed by atoms with van der Waals surface area (Å²) >= 11 is 0. The van der Waals surface area contributed by atoms with E-state index in [1.54, 1.807) is 29.1 Å². The molecule has 4 heterocycles. The van der Waals surface area contributed by atoms with E-state index in [0.29, 0.717) is 11.3 Å². The summed E-state index contributed by atoms with van der Waals surface area (Å²) in [6.45, 7) is 3.91. The Labute approximate surface area is 147 Å². The predicted octanol–water partition coefficient (Wildman–Crippen LogP) is 3.01. The lowest BCUT2D eigenvalue weighted by Crippen LogP contribution is -2.07. The van der Waals surface area contributed by atoms with Crippen LogP contribution >= 0.6 is 0 Å². The maximum Gasteiger partial charge on any atom is 0.340 e. The molecule has 132 valence electrons. The highest BCUT2D eigenvalue weighted by atomic mass is 16.5. The molecule has 0 amide bonds. The molecule has 0 aliphatic carbocycles. The highest BCUT2D eigenvalue weighted by molar-refractivity contribution is 5.92. The Kier molecular flexibility index (Phi) is 3.96. The number of hydrogen-bond acceptors (Lipinski definition) is 8. The Morgan fingerprint density at radius 3 is 3.00 bits per heavy atom. The van der Waals surface area contributed by atoms with Crippen molar-refractivity contribution < 1.29 is 18.5 Å². The van der Waals surface area contributed by atoms with E-state index in [0.717, 1.165) is 11.0 Å². The minimum Gasteiger partial charge on any atom is -0.459 e. The van der Waals surface area contributed by atoms with E-state index in [2.05, 4.69) is 20.2 Å². The van der Waals surface area contributed by atoms with Crippen LogP contribution in [0.1, 0.15) is 36.1 Å². The van der Waals surface area contributed by atoms with Crippen molar-refractivity contribution >= 4 is 17.0 Å². The van der Waals surface area contributed by atoms with E-state index in [4.69, 9.17) is 13.7 Å². The average molecular weight is 353 g/mol. The molecule has 0 atom stereocenters. The fourth-order valence-electron chi connectivity index (χ4n) is 2.46. The van der Waals surface area contributed by atoms with Gasteiger partial charge in [0.25, 0.3) is 5.89 Å². The quantitative estimate of drug-likeness (QED) is 0.504. The van der Waals surface area contributed by atoms with Gasteiger partial charge in [0.1, 0.15) is 0 Å². The van der Waals surface area contributed by atoms with Crippen molar-refractivity contribution in [2.75, 3.05) is 0 Å². The van der Waals surface area contributed by atoms with Crippen molar-refractivity contribution in [1.29, 1.82) is 0 Å². The second-order valence-electron chi connectivity index (χ2n) is 5.89. The predicted molar refractivity (Wildman–Crippen MR) is 89.0 cm³/mol. The molecule has 0 aromatic carbocycles. The first-order chi connectivity index (χ1) is 12.6. The van der Waals surface area contributed by atoms with Gasteiger partial charge in [-0.3, -0.25) is 0 Å². The standard InChI is InChI=1S/C17H15N5O4/c1-10(2)22-15-11(8-19-22)6-12(7-18-15)17(23)25-9-14-20-16(26-21-14)13-4-3-5-24-13/h3-8,10H,9H2,1-2H3. The molecule has 9 nitrogen and oxygen atoms in total. The number of carbonyl (C=O) groups is 1. The maximum atomic E-state index is 12.2. The van der Waals surface area contributed by atoms with Crippen LogP contribution in [-0.2, 0) is 11.3 Å². The molecule has 4 rings (SSSR count). The summed E-state index contributed by atoms with van der Waals surface area (Å²) in [5.74, 6) is 0.393. The molecule has 0 saturated heterocycles. The summed E-state index contributed by atoms with van der Waals surface area (Å²) in [6.07, 6.45) is 4.65. The van der Waals surface area contributed by atoms with Crippen molar-refractivity contribution in [3.05, 3.63) is 48.2 Å². The van der Waals surface area contributed by atoms with Gasteiger partial charge in [0.2, 0.25) is 5.82 Å². The average Bonchev–Trinajstić information content (AvgIpc) is 3.38. The minimum atomic E-state index is -0.527. The van der Waals surface area contributed by atoms with Gasteiger partial charge in [-0.2, -0.15) is 10.1 Å². The van der Waals surface area contributed by atoms with Gasteiger partial charge >= 0.3 is 5.97 Å². The fraction of sp³-hybridized carbons (Fsp3) is 0.235. The molecule has 4 aromatic rings. The molecule has 9 heteroatoms. The van der Waals surface area contributed by atoms with E-state index < -0.39 is 5.97 Å². The molecule has 26 heavy (non-hydrogen) atoms. The molecule has 0 fully saturated rings. The highest BCUT2D eigenvalue weighted by Crippen LogP contribution is 2.19. The maximum absolute atomic E-state index is 12.2. The van der Waals surface area contributed by atoms with Crippen LogP contribution in [0.3, 0.4) is 0 Å². The van der Waals surface area contributed by atoms with Gasteiger partial charge in [-0.1, -0.05) is 5.16 Å². The number of esters is 1. The van der Waals surface area contributed by atoms with Gasteiger partial charge < -0.3 is 13.7 Å². The SMILES string of the molecule is CC(C)n1ncc2cc(C(=O)OCc3noc(-c4ccco4)n3)cnc21. The number of ether oxygens (including phenoxy) is 1. The number of pyridine rings is 1. The molecule has 0 saturated carbocycles. The number of carbonyl (C=O) groups excluding carboxylic acids is 1. The third-order valence-corrected chi connectivity index (χ3v) is 3.69. The van der Waals surface area contributed by atoms with E-state index in [1.807, 2.05) is 13.8 Å². The Morgan fingerprint density at radius 1 is 1.35 bits per heavy atom. The first kappa shape index (κ1) is 16.0. The van der Waals surface area contributed by atoms with E-state index in [-0.39, 0.29) is 24.4 Å². The lowest BCUT2D eigenvalue weighted by molar-refractivity contribution is 0.0459. The molecule has 0 unspecified atom stereocenters. The fourth-order valence-corrected chi connectivity index (χ4v) is 2.46. The lowest BCUT2D eigenvalue weighted by Gasteiger charge is -2.06. The lowest BCUT2D eigenvalue weighted by atomic mass is 10.2. The summed E-state index contributed by atoms with van der Waals surface area (Å²) in [5, 5.41) is 8.81. The van der Waals surface area contributed by atoms with Crippen molar-refractivity contribution in [1.82, 2.24) is 24.9 Å². The molecule has 4 aromatic heterocycles. The number of rotatable bonds is 5. The number of nitrogens with zero attached hydrogens (tertiary/aromatic N) is 5. The molecule has 0 radical (unpaired) electrons. The molecule has 0 aliphatic rings. The number of hydrogen-bond donors (Lipinski definition) is 0. The Balaban J connectivity index is 1.46. The third kappa shape index (κ3) is 2.94. The number of aromatic nitrogens is 5. The molecule has 0 aliphatic heterocycles. The van der Waals surface area contributed by atoms with Crippen LogP contribution in [0.5, 0.6) is 0 Å². The van der Waals surface area contributed by atoms with E-state index in [9.17, 15) is 4.79 Å². The first-order valence-electron chi connectivity index (χ1n) is 7.98. The van der Waals surface area contributed by atoms with Crippen molar-refractivity contribution in [3.63, 3.8) is 0 Å². The van der Waals surface area contributed by atoms with E-state index in [1.165, 1.54) is 12.5 Å². The summed E-state index contributed by atoms with van der Waals surface area (Å²) < 4.78 is 17.2. The highest BCUT2D eigenvalue weighted by Gasteiger charge is 2.15. The van der Waals surface area contributed by atoms with Crippen LogP contribution in [0.4, 0.5) is 0 Å². The second-order valence-corrected chi connectivity index (χ2v) is 5.89. The van der Waals surface area contributed by atoms with Gasteiger partial charge in [0, 0.05) is 17.6 Å². The van der Waals surface area contributed by atoms with Gasteiger partial charge in [-0.05, 0) is 32.0 Å². The van der Waals surface area contributed by atoms with Gasteiger partial charge in [0.05, 0.1) is 18.0 Å². The summed E-state index contributed by atoms with van der Waals surface area (Å²) in [6, 6.07) is 5.28. The van der Waals surface area contributed by atoms with Crippen molar-refractivity contribution in [3.8, 4) is 11.7 Å². The molecular weight excluding hydrogens is 338 g/mol. The van der Waals surface area contributed by atoms with Gasteiger partial charge in [-0.15, -0.1) is 0 Å². The molecule has 0 N–H and O–H groups in total. The van der Waals surface area contributed by atoms with Crippen LogP contribution in [0, 0.1) is 0 Å². The molecule has 0 spiro atoms. The Hall–Kier alpha value is -3.49. The monoisotopic (exact) mass is 353 g/mol. The van der Waals surface area contributed by atoms with Crippen LogP contribution in [0.25, 0.3) is 22.7 Å². The zero-order chi connectivity index (χ0) is 18.1. The normalized spacial score (nSPS) is 11.3. The molecule has 0 bridgehead atoms. The van der Waals surface area contributed by atoms with Crippen molar-refractivity contribution in [2.45, 2.75) is 26.5 Å². The smallest absolute Gasteiger partial charge is 0.340 e. The van der Waals surface area contributed by atoms with Crippen LogP contribution in [-0.4, -0.2) is 30.9 Å². The Morgan fingerprint density at radius 2 is 2.23 bits per heavy atom. The van der Waals surface area contributed by atoms with Crippen molar-refractivity contribution in [2.24, 2.45) is 0 Å². The first-order valence-corrected chi connectivity index (χ1v) is 7.98. The van der Waals surface area contributed by atoms with Crippen LogP contribution < -0.4 is 0 Å². The number of furan rings is 1. The van der Waals surface area contributed by atoms with Gasteiger partial charge in [-0.25, -0.2) is 14.5 Å². The van der Waals surface area contributed by atoms with Crippen LogP contribution in [0.2, 0.25) is 0 Å². The second kappa shape index (κ2) is 6.43. The third-order valence-electron chi connectivity index (χ3n) is 3.69. The zero-order valence-corrected chi connectivity index (χ0v) is 14.1. The largest absolute Gasteiger partial charge is 0.459 e. The summed E-state index contributed by atoms with van der Waals surface area (Å²) in [4.78, 5) is 20.7. The summed E-state index contributed by atoms with van der Waals surface area (Å²) in [5.41, 5.74) is 1.05. The topological polar surface area (TPSA) is 109 Å².